The Balaban J connectivity index is 2.60. The highest BCUT2D eigenvalue weighted by atomic mass is 16.5. The number of hydrogen-bond acceptors (Lipinski definition) is 2. The van der Waals surface area contributed by atoms with Gasteiger partial charge in [-0.05, 0) is 24.1 Å². The highest BCUT2D eigenvalue weighted by molar-refractivity contribution is 5.31. The molecule has 0 fully saturated rings. The van der Waals surface area contributed by atoms with Gasteiger partial charge in [0, 0.05) is 7.11 Å². The molecule has 0 aromatic heterocycles. The Kier molecular flexibility index (Phi) is 3.31. The third-order valence-corrected chi connectivity index (χ3v) is 1.68. The Hall–Kier alpha value is -1.33. The lowest BCUT2D eigenvalue weighted by Gasteiger charge is -1.98. The smallest absolute Gasteiger partial charge is 0.0991 e. The number of rotatable bonds is 3. The Morgan fingerprint density at radius 1 is 1.33 bits per heavy atom. The quantitative estimate of drug-likeness (QED) is 0.676. The minimum atomic E-state index is 0.705. The summed E-state index contributed by atoms with van der Waals surface area (Å²) in [5.74, 6) is 0. The molecule has 1 aromatic rings. The van der Waals surface area contributed by atoms with E-state index in [1.807, 2.05) is 24.3 Å². The van der Waals surface area contributed by atoms with Crippen molar-refractivity contribution in [2.24, 2.45) is 0 Å². The van der Waals surface area contributed by atoms with Gasteiger partial charge in [0.2, 0.25) is 0 Å². The first-order chi connectivity index (χ1) is 5.86. The summed E-state index contributed by atoms with van der Waals surface area (Å²) < 4.78 is 4.94. The van der Waals surface area contributed by atoms with Crippen molar-refractivity contribution < 1.29 is 4.74 Å². The fourth-order valence-corrected chi connectivity index (χ4v) is 0.966. The van der Waals surface area contributed by atoms with Crippen molar-refractivity contribution in [1.29, 1.82) is 5.26 Å². The molecule has 0 spiro atoms. The zero-order chi connectivity index (χ0) is 8.81. The van der Waals surface area contributed by atoms with Crippen molar-refractivity contribution in [3.8, 4) is 6.07 Å². The fraction of sp³-hybridized carbons (Fsp3) is 0.300. The van der Waals surface area contributed by atoms with Crippen LogP contribution in [0.5, 0.6) is 0 Å². The summed E-state index contributed by atoms with van der Waals surface area (Å²) in [6.45, 7) is 0.728. The maximum atomic E-state index is 8.53. The third-order valence-electron chi connectivity index (χ3n) is 1.68. The van der Waals surface area contributed by atoms with E-state index in [0.717, 1.165) is 13.0 Å². The van der Waals surface area contributed by atoms with E-state index in [1.165, 1.54) is 5.56 Å². The minimum absolute atomic E-state index is 0.705. The summed E-state index contributed by atoms with van der Waals surface area (Å²) in [6.07, 6.45) is 0.905. The topological polar surface area (TPSA) is 33.0 Å². The second-order valence-electron chi connectivity index (χ2n) is 2.55. The summed E-state index contributed by atoms with van der Waals surface area (Å²) in [6, 6.07) is 9.64. The standard InChI is InChI=1S/C10H11NO/c1-12-7-6-9-2-4-10(8-11)5-3-9/h2-5H,6-7H2,1H3. The van der Waals surface area contributed by atoms with Crippen molar-refractivity contribution in [3.05, 3.63) is 35.4 Å². The molecule has 62 valence electrons. The number of ether oxygens (including phenoxy) is 1. The monoisotopic (exact) mass is 161 g/mol. The van der Waals surface area contributed by atoms with Gasteiger partial charge in [-0.25, -0.2) is 0 Å². The lowest BCUT2D eigenvalue weighted by molar-refractivity contribution is 0.202. The Morgan fingerprint density at radius 2 is 2.00 bits per heavy atom. The van der Waals surface area contributed by atoms with E-state index in [0.29, 0.717) is 5.56 Å². The number of methoxy groups -OCH3 is 1. The van der Waals surface area contributed by atoms with Gasteiger partial charge < -0.3 is 4.74 Å². The SMILES string of the molecule is COCCc1ccc(C#N)cc1. The van der Waals surface area contributed by atoms with Gasteiger partial charge in [-0.3, -0.25) is 0 Å². The molecule has 0 aliphatic heterocycles. The van der Waals surface area contributed by atoms with Crippen LogP contribution in [0.2, 0.25) is 0 Å². The normalized spacial score (nSPS) is 9.33. The van der Waals surface area contributed by atoms with E-state index in [1.54, 1.807) is 7.11 Å². The largest absolute Gasteiger partial charge is 0.384 e. The first-order valence-corrected chi connectivity index (χ1v) is 3.85. The Labute approximate surface area is 72.4 Å². The first kappa shape index (κ1) is 8.76. The van der Waals surface area contributed by atoms with Gasteiger partial charge in [0.25, 0.3) is 0 Å². The molecule has 1 rings (SSSR count). The van der Waals surface area contributed by atoms with Crippen LogP contribution in [0.3, 0.4) is 0 Å². The molecule has 0 radical (unpaired) electrons. The molecule has 0 saturated carbocycles. The van der Waals surface area contributed by atoms with E-state index in [-0.39, 0.29) is 0 Å². The number of nitriles is 1. The van der Waals surface area contributed by atoms with Crippen molar-refractivity contribution >= 4 is 0 Å². The molecular weight excluding hydrogens is 150 g/mol. The molecule has 0 atom stereocenters. The van der Waals surface area contributed by atoms with E-state index in [4.69, 9.17) is 10.00 Å². The molecule has 0 bridgehead atoms. The highest BCUT2D eigenvalue weighted by Crippen LogP contribution is 2.03. The van der Waals surface area contributed by atoms with E-state index < -0.39 is 0 Å². The predicted octanol–water partition coefficient (Wildman–Crippen LogP) is 1.75. The second-order valence-corrected chi connectivity index (χ2v) is 2.55. The molecule has 12 heavy (non-hydrogen) atoms. The molecule has 0 aliphatic carbocycles. The summed E-state index contributed by atoms with van der Waals surface area (Å²) >= 11 is 0. The fourth-order valence-electron chi connectivity index (χ4n) is 0.966. The van der Waals surface area contributed by atoms with Crippen LogP contribution in [0.1, 0.15) is 11.1 Å². The van der Waals surface area contributed by atoms with Gasteiger partial charge in [0.05, 0.1) is 18.2 Å². The average Bonchev–Trinajstić information content (AvgIpc) is 2.15. The summed E-state index contributed by atoms with van der Waals surface area (Å²) in [5, 5.41) is 8.53. The van der Waals surface area contributed by atoms with Gasteiger partial charge in [-0.15, -0.1) is 0 Å². The minimum Gasteiger partial charge on any atom is -0.384 e. The maximum absolute atomic E-state index is 8.53. The van der Waals surface area contributed by atoms with Crippen molar-refractivity contribution in [2.75, 3.05) is 13.7 Å². The number of nitrogens with zero attached hydrogens (tertiary/aromatic N) is 1. The van der Waals surface area contributed by atoms with Crippen molar-refractivity contribution in [3.63, 3.8) is 0 Å². The Bertz CT molecular complexity index is 271. The van der Waals surface area contributed by atoms with Crippen LogP contribution in [0.25, 0.3) is 0 Å². The van der Waals surface area contributed by atoms with Crippen LogP contribution in [-0.2, 0) is 11.2 Å². The molecule has 0 heterocycles. The predicted molar refractivity (Wildman–Crippen MR) is 46.7 cm³/mol. The zero-order valence-electron chi connectivity index (χ0n) is 7.08. The Morgan fingerprint density at radius 3 is 2.50 bits per heavy atom. The maximum Gasteiger partial charge on any atom is 0.0991 e. The average molecular weight is 161 g/mol. The van der Waals surface area contributed by atoms with Gasteiger partial charge >= 0.3 is 0 Å². The second kappa shape index (κ2) is 4.53. The van der Waals surface area contributed by atoms with Crippen LogP contribution >= 0.6 is 0 Å². The van der Waals surface area contributed by atoms with E-state index in [9.17, 15) is 0 Å². The molecule has 2 nitrogen and oxygen atoms in total. The van der Waals surface area contributed by atoms with E-state index in [2.05, 4.69) is 6.07 Å². The van der Waals surface area contributed by atoms with Crippen LogP contribution in [0.4, 0.5) is 0 Å². The number of hydrogen-bond donors (Lipinski definition) is 0. The molecule has 0 N–H and O–H groups in total. The van der Waals surface area contributed by atoms with Gasteiger partial charge in [0.1, 0.15) is 0 Å². The summed E-state index contributed by atoms with van der Waals surface area (Å²) in [4.78, 5) is 0. The summed E-state index contributed by atoms with van der Waals surface area (Å²) in [7, 11) is 1.68. The first-order valence-electron chi connectivity index (χ1n) is 3.85. The molecular formula is C10H11NO. The van der Waals surface area contributed by atoms with Crippen LogP contribution in [0.15, 0.2) is 24.3 Å². The molecule has 0 unspecified atom stereocenters. The number of benzene rings is 1. The van der Waals surface area contributed by atoms with Crippen LogP contribution in [-0.4, -0.2) is 13.7 Å². The van der Waals surface area contributed by atoms with Crippen molar-refractivity contribution in [2.45, 2.75) is 6.42 Å². The highest BCUT2D eigenvalue weighted by Gasteiger charge is 1.92. The zero-order valence-corrected chi connectivity index (χ0v) is 7.08. The summed E-state index contributed by atoms with van der Waals surface area (Å²) in [5.41, 5.74) is 1.91. The molecule has 0 amide bonds. The lowest BCUT2D eigenvalue weighted by atomic mass is 10.1. The molecule has 2 heteroatoms. The van der Waals surface area contributed by atoms with Gasteiger partial charge in [0.15, 0.2) is 0 Å². The van der Waals surface area contributed by atoms with Crippen LogP contribution < -0.4 is 0 Å². The van der Waals surface area contributed by atoms with Gasteiger partial charge in [-0.1, -0.05) is 12.1 Å². The molecule has 1 aromatic carbocycles. The van der Waals surface area contributed by atoms with Crippen molar-refractivity contribution in [1.82, 2.24) is 0 Å². The molecule has 0 saturated heterocycles. The molecule has 0 aliphatic rings. The third kappa shape index (κ3) is 2.37. The lowest BCUT2D eigenvalue weighted by Crippen LogP contribution is -1.93. The van der Waals surface area contributed by atoms with E-state index >= 15 is 0 Å². The van der Waals surface area contributed by atoms with Gasteiger partial charge in [-0.2, -0.15) is 5.26 Å². The van der Waals surface area contributed by atoms with Crippen LogP contribution in [0, 0.1) is 11.3 Å².